The van der Waals surface area contributed by atoms with Crippen LogP contribution in [0.3, 0.4) is 0 Å². The van der Waals surface area contributed by atoms with Crippen LogP contribution in [0.4, 0.5) is 0 Å². The highest BCUT2D eigenvalue weighted by atomic mass is 16.7. The summed E-state index contributed by atoms with van der Waals surface area (Å²) < 4.78 is 11.5. The molecule has 0 amide bonds. The van der Waals surface area contributed by atoms with E-state index in [-0.39, 0.29) is 18.5 Å². The van der Waals surface area contributed by atoms with Crippen molar-refractivity contribution in [2.75, 3.05) is 0 Å². The summed E-state index contributed by atoms with van der Waals surface area (Å²) in [6.45, 7) is 6.24. The Morgan fingerprint density at radius 3 is 2.27 bits per heavy atom. The predicted molar refractivity (Wildman–Crippen MR) is 59.4 cm³/mol. The van der Waals surface area contributed by atoms with Crippen molar-refractivity contribution >= 4 is 0 Å². The van der Waals surface area contributed by atoms with Gasteiger partial charge in [0.15, 0.2) is 6.29 Å². The summed E-state index contributed by atoms with van der Waals surface area (Å²) in [6.07, 6.45) is 0.297. The molecule has 2 heteroatoms. The third kappa shape index (κ3) is 2.21. The lowest BCUT2D eigenvalue weighted by Crippen LogP contribution is -2.37. The Hall–Kier alpha value is -0.860. The zero-order valence-electron chi connectivity index (χ0n) is 9.51. The van der Waals surface area contributed by atoms with Gasteiger partial charge in [0.1, 0.15) is 0 Å². The molecule has 0 aliphatic carbocycles. The summed E-state index contributed by atoms with van der Waals surface area (Å²) >= 11 is 0. The van der Waals surface area contributed by atoms with Crippen molar-refractivity contribution in [1.29, 1.82) is 0 Å². The molecular weight excluding hydrogens is 188 g/mol. The second-order valence-corrected chi connectivity index (χ2v) is 4.24. The van der Waals surface area contributed by atoms with Crippen LogP contribution in [0.2, 0.25) is 0 Å². The van der Waals surface area contributed by atoms with Gasteiger partial charge in [-0.1, -0.05) is 37.3 Å². The molecule has 0 radical (unpaired) electrons. The van der Waals surface area contributed by atoms with Gasteiger partial charge < -0.3 is 9.47 Å². The van der Waals surface area contributed by atoms with Gasteiger partial charge in [-0.2, -0.15) is 0 Å². The van der Waals surface area contributed by atoms with Gasteiger partial charge in [-0.25, -0.2) is 0 Å². The third-order valence-electron chi connectivity index (χ3n) is 3.09. The van der Waals surface area contributed by atoms with Crippen molar-refractivity contribution in [1.82, 2.24) is 0 Å². The first kappa shape index (κ1) is 10.7. The van der Waals surface area contributed by atoms with E-state index in [1.165, 1.54) is 5.56 Å². The molecule has 0 N–H and O–H groups in total. The molecule has 1 aliphatic rings. The summed E-state index contributed by atoms with van der Waals surface area (Å²) in [7, 11) is 0. The Balaban J connectivity index is 2.20. The number of ether oxygens (including phenoxy) is 2. The molecule has 1 aromatic carbocycles. The minimum Gasteiger partial charge on any atom is -0.350 e. The summed E-state index contributed by atoms with van der Waals surface area (Å²) in [6, 6.07) is 10.4. The first-order valence-electron chi connectivity index (χ1n) is 5.54. The van der Waals surface area contributed by atoms with Crippen LogP contribution in [0.25, 0.3) is 0 Å². The van der Waals surface area contributed by atoms with Crippen LogP contribution in [-0.2, 0) is 9.47 Å². The molecule has 15 heavy (non-hydrogen) atoms. The van der Waals surface area contributed by atoms with Crippen molar-refractivity contribution in [3.05, 3.63) is 35.9 Å². The molecule has 82 valence electrons. The summed E-state index contributed by atoms with van der Waals surface area (Å²) in [4.78, 5) is 0. The molecule has 0 spiro atoms. The smallest absolute Gasteiger partial charge is 0.156 e. The monoisotopic (exact) mass is 206 g/mol. The van der Waals surface area contributed by atoms with E-state index in [1.807, 2.05) is 13.0 Å². The zero-order valence-corrected chi connectivity index (χ0v) is 9.51. The molecule has 1 heterocycles. The van der Waals surface area contributed by atoms with Crippen molar-refractivity contribution in [2.45, 2.75) is 39.3 Å². The van der Waals surface area contributed by atoms with Crippen LogP contribution in [0.1, 0.15) is 32.4 Å². The van der Waals surface area contributed by atoms with Gasteiger partial charge in [-0.15, -0.1) is 0 Å². The van der Waals surface area contributed by atoms with E-state index in [2.05, 4.69) is 38.1 Å². The van der Waals surface area contributed by atoms with Gasteiger partial charge in [-0.05, 0) is 19.4 Å². The van der Waals surface area contributed by atoms with E-state index in [4.69, 9.17) is 9.47 Å². The standard InChI is InChI=1S/C13H18O2/c1-9-10(2)14-11(3)15-13(9)12-7-5-4-6-8-12/h4-11,13H,1-3H3/t9-,10+,11+,13+/m1/s1. The van der Waals surface area contributed by atoms with Crippen molar-refractivity contribution in [3.8, 4) is 0 Å². The largest absolute Gasteiger partial charge is 0.350 e. The number of hydrogen-bond donors (Lipinski definition) is 0. The van der Waals surface area contributed by atoms with Crippen LogP contribution in [0.5, 0.6) is 0 Å². The number of rotatable bonds is 1. The number of hydrogen-bond acceptors (Lipinski definition) is 2. The topological polar surface area (TPSA) is 18.5 Å². The zero-order chi connectivity index (χ0) is 10.8. The fourth-order valence-corrected chi connectivity index (χ4v) is 2.06. The molecule has 0 aromatic heterocycles. The van der Waals surface area contributed by atoms with Gasteiger partial charge in [0, 0.05) is 5.92 Å². The van der Waals surface area contributed by atoms with E-state index >= 15 is 0 Å². The Bertz CT molecular complexity index is 310. The van der Waals surface area contributed by atoms with Crippen LogP contribution in [0.15, 0.2) is 30.3 Å². The SMILES string of the molecule is C[C@H]1O[C@@H](C)[C@@H](C)[C@@H](c2ccccc2)O1. The summed E-state index contributed by atoms with van der Waals surface area (Å²) in [5.41, 5.74) is 1.24. The quantitative estimate of drug-likeness (QED) is 0.702. The van der Waals surface area contributed by atoms with Crippen molar-refractivity contribution < 1.29 is 9.47 Å². The van der Waals surface area contributed by atoms with Crippen molar-refractivity contribution in [2.24, 2.45) is 5.92 Å². The first-order chi connectivity index (χ1) is 7.18. The van der Waals surface area contributed by atoms with Crippen LogP contribution in [-0.4, -0.2) is 12.4 Å². The van der Waals surface area contributed by atoms with Crippen LogP contribution in [0, 0.1) is 5.92 Å². The molecule has 1 fully saturated rings. The fourth-order valence-electron chi connectivity index (χ4n) is 2.06. The Kier molecular flexibility index (Phi) is 3.08. The average molecular weight is 206 g/mol. The molecule has 1 aromatic rings. The lowest BCUT2D eigenvalue weighted by Gasteiger charge is -2.38. The Morgan fingerprint density at radius 2 is 1.60 bits per heavy atom. The first-order valence-corrected chi connectivity index (χ1v) is 5.54. The molecule has 4 atom stereocenters. The Morgan fingerprint density at radius 1 is 0.933 bits per heavy atom. The average Bonchev–Trinajstić information content (AvgIpc) is 2.24. The van der Waals surface area contributed by atoms with Gasteiger partial charge in [0.05, 0.1) is 12.2 Å². The van der Waals surface area contributed by atoms with Gasteiger partial charge >= 0.3 is 0 Å². The highest BCUT2D eigenvalue weighted by molar-refractivity contribution is 5.18. The maximum absolute atomic E-state index is 5.83. The third-order valence-corrected chi connectivity index (χ3v) is 3.09. The minimum atomic E-state index is -0.110. The molecule has 2 rings (SSSR count). The lowest BCUT2D eigenvalue weighted by molar-refractivity contribution is -0.256. The maximum atomic E-state index is 5.83. The van der Waals surface area contributed by atoms with Crippen molar-refractivity contribution in [3.63, 3.8) is 0 Å². The highest BCUT2D eigenvalue weighted by Gasteiger charge is 2.33. The van der Waals surface area contributed by atoms with Crippen LogP contribution < -0.4 is 0 Å². The van der Waals surface area contributed by atoms with E-state index in [0.717, 1.165) is 0 Å². The molecular formula is C13H18O2. The molecule has 1 saturated heterocycles. The van der Waals surface area contributed by atoms with E-state index in [9.17, 15) is 0 Å². The van der Waals surface area contributed by atoms with E-state index < -0.39 is 0 Å². The lowest BCUT2D eigenvalue weighted by atomic mass is 9.92. The minimum absolute atomic E-state index is 0.110. The van der Waals surface area contributed by atoms with E-state index in [0.29, 0.717) is 5.92 Å². The van der Waals surface area contributed by atoms with Gasteiger partial charge in [0.25, 0.3) is 0 Å². The molecule has 0 unspecified atom stereocenters. The predicted octanol–water partition coefficient (Wildman–Crippen LogP) is 3.15. The summed E-state index contributed by atoms with van der Waals surface area (Å²) in [5.74, 6) is 0.392. The van der Waals surface area contributed by atoms with E-state index in [1.54, 1.807) is 0 Å². The van der Waals surface area contributed by atoms with Gasteiger partial charge in [-0.3, -0.25) is 0 Å². The molecule has 0 bridgehead atoms. The second kappa shape index (κ2) is 4.33. The fraction of sp³-hybridized carbons (Fsp3) is 0.538. The normalized spacial score (nSPS) is 36.5. The Labute approximate surface area is 91.2 Å². The maximum Gasteiger partial charge on any atom is 0.156 e. The van der Waals surface area contributed by atoms with Crippen LogP contribution >= 0.6 is 0 Å². The van der Waals surface area contributed by atoms with Gasteiger partial charge in [0.2, 0.25) is 0 Å². The summed E-state index contributed by atoms with van der Waals surface area (Å²) in [5, 5.41) is 0. The second-order valence-electron chi connectivity index (χ2n) is 4.24. The molecule has 2 nitrogen and oxygen atoms in total. The molecule has 1 aliphatic heterocycles. The highest BCUT2D eigenvalue weighted by Crippen LogP contribution is 2.35. The number of benzene rings is 1. The molecule has 0 saturated carbocycles.